The number of hydrogen-bond donors (Lipinski definition) is 1. The maximum atomic E-state index is 12.5. The van der Waals surface area contributed by atoms with Gasteiger partial charge < -0.3 is 14.8 Å². The van der Waals surface area contributed by atoms with Crippen molar-refractivity contribution in [3.05, 3.63) is 58.6 Å². The van der Waals surface area contributed by atoms with Crippen LogP contribution in [0.5, 0.6) is 11.5 Å². The number of piperidine rings is 1. The van der Waals surface area contributed by atoms with Gasteiger partial charge in [0.15, 0.2) is 11.5 Å². The molecule has 2 aliphatic rings. The fourth-order valence-corrected chi connectivity index (χ4v) is 4.59. The Hall–Kier alpha value is -2.20. The van der Waals surface area contributed by atoms with E-state index < -0.39 is 0 Å². The SMILES string of the molecule is COc1ccc([C@H]2CNC(=O)[C@@H](Cc3ccc(Cl)cc3)C2)cc1OC1CCCC1. The number of carbonyl (C=O) groups excluding carboxylic acids is 1. The number of benzene rings is 2. The van der Waals surface area contributed by atoms with Gasteiger partial charge in [0.25, 0.3) is 0 Å². The van der Waals surface area contributed by atoms with Crippen LogP contribution in [-0.2, 0) is 11.2 Å². The van der Waals surface area contributed by atoms with Crippen LogP contribution in [0, 0.1) is 5.92 Å². The Morgan fingerprint density at radius 2 is 1.83 bits per heavy atom. The van der Waals surface area contributed by atoms with Crippen molar-refractivity contribution in [2.75, 3.05) is 13.7 Å². The topological polar surface area (TPSA) is 47.6 Å². The second-order valence-corrected chi connectivity index (χ2v) is 8.58. The molecule has 1 N–H and O–H groups in total. The molecule has 0 unspecified atom stereocenters. The van der Waals surface area contributed by atoms with Gasteiger partial charge >= 0.3 is 0 Å². The molecule has 0 spiro atoms. The molecule has 154 valence electrons. The zero-order valence-electron chi connectivity index (χ0n) is 16.8. The van der Waals surface area contributed by atoms with Crippen LogP contribution in [-0.4, -0.2) is 25.7 Å². The molecule has 2 aromatic rings. The number of halogens is 1. The van der Waals surface area contributed by atoms with Gasteiger partial charge in [-0.25, -0.2) is 0 Å². The second kappa shape index (κ2) is 9.08. The zero-order valence-corrected chi connectivity index (χ0v) is 17.6. The summed E-state index contributed by atoms with van der Waals surface area (Å²) in [5, 5.41) is 3.81. The molecule has 0 radical (unpaired) electrons. The molecule has 1 saturated heterocycles. The number of rotatable bonds is 6. The molecule has 0 bridgehead atoms. The van der Waals surface area contributed by atoms with Gasteiger partial charge in [-0.1, -0.05) is 29.8 Å². The van der Waals surface area contributed by atoms with E-state index in [1.54, 1.807) is 7.11 Å². The molecule has 4 nitrogen and oxygen atoms in total. The van der Waals surface area contributed by atoms with Gasteiger partial charge in [-0.3, -0.25) is 4.79 Å². The Kier molecular flexibility index (Phi) is 6.29. The van der Waals surface area contributed by atoms with Gasteiger partial charge in [-0.15, -0.1) is 0 Å². The van der Waals surface area contributed by atoms with Crippen molar-refractivity contribution in [2.45, 2.75) is 50.5 Å². The average Bonchev–Trinajstić information content (AvgIpc) is 3.24. The highest BCUT2D eigenvalue weighted by Crippen LogP contribution is 2.37. The summed E-state index contributed by atoms with van der Waals surface area (Å²) < 4.78 is 11.8. The molecule has 1 saturated carbocycles. The standard InChI is InChI=1S/C24H28ClNO3/c1-28-22-11-8-17(14-23(22)29-21-4-2-3-5-21)19-13-18(24(27)26-15-19)12-16-6-9-20(25)10-7-16/h6-11,14,18-19,21H,2-5,12-13,15H2,1H3,(H,26,27)/t18-,19+/m0/s1. The fourth-order valence-electron chi connectivity index (χ4n) is 4.46. The lowest BCUT2D eigenvalue weighted by Crippen LogP contribution is -2.41. The minimum Gasteiger partial charge on any atom is -0.493 e. The van der Waals surface area contributed by atoms with Gasteiger partial charge in [-0.2, -0.15) is 0 Å². The lowest BCUT2D eigenvalue weighted by atomic mass is 9.82. The molecule has 4 rings (SSSR count). The molecular weight excluding hydrogens is 386 g/mol. The average molecular weight is 414 g/mol. The van der Waals surface area contributed by atoms with Crippen molar-refractivity contribution in [3.63, 3.8) is 0 Å². The summed E-state index contributed by atoms with van der Waals surface area (Å²) in [5.74, 6) is 1.95. The smallest absolute Gasteiger partial charge is 0.223 e. The van der Waals surface area contributed by atoms with Crippen molar-refractivity contribution >= 4 is 17.5 Å². The normalized spacial score (nSPS) is 22.3. The molecule has 2 aromatic carbocycles. The number of hydrogen-bond acceptors (Lipinski definition) is 3. The van der Waals surface area contributed by atoms with E-state index in [2.05, 4.69) is 17.4 Å². The first-order chi connectivity index (χ1) is 14.1. The summed E-state index contributed by atoms with van der Waals surface area (Å²) in [6.45, 7) is 0.658. The summed E-state index contributed by atoms with van der Waals surface area (Å²) in [6, 6.07) is 14.0. The third-order valence-corrected chi connectivity index (χ3v) is 6.36. The maximum Gasteiger partial charge on any atom is 0.223 e. The van der Waals surface area contributed by atoms with E-state index in [0.717, 1.165) is 42.7 Å². The fraction of sp³-hybridized carbons (Fsp3) is 0.458. The van der Waals surface area contributed by atoms with Crippen molar-refractivity contribution in [3.8, 4) is 11.5 Å². The number of methoxy groups -OCH3 is 1. The Balaban J connectivity index is 1.49. The van der Waals surface area contributed by atoms with Crippen LogP contribution in [0.4, 0.5) is 0 Å². The minimum atomic E-state index is -0.0452. The predicted octanol–water partition coefficient (Wildman–Crippen LogP) is 5.13. The van der Waals surface area contributed by atoms with Gasteiger partial charge in [0.1, 0.15) is 0 Å². The van der Waals surface area contributed by atoms with Crippen LogP contribution in [0.25, 0.3) is 0 Å². The highest BCUT2D eigenvalue weighted by Gasteiger charge is 2.30. The molecule has 0 aromatic heterocycles. The highest BCUT2D eigenvalue weighted by molar-refractivity contribution is 6.30. The van der Waals surface area contributed by atoms with Gasteiger partial charge in [-0.05, 0) is 73.9 Å². The first-order valence-corrected chi connectivity index (χ1v) is 10.9. The summed E-state index contributed by atoms with van der Waals surface area (Å²) in [7, 11) is 1.68. The summed E-state index contributed by atoms with van der Waals surface area (Å²) in [5.41, 5.74) is 2.33. The first kappa shape index (κ1) is 20.1. The third-order valence-electron chi connectivity index (χ3n) is 6.11. The molecule has 1 amide bonds. The Labute approximate surface area is 177 Å². The quantitative estimate of drug-likeness (QED) is 0.713. The van der Waals surface area contributed by atoms with E-state index in [4.69, 9.17) is 21.1 Å². The lowest BCUT2D eigenvalue weighted by Gasteiger charge is -2.30. The molecule has 2 fully saturated rings. The van der Waals surface area contributed by atoms with Crippen molar-refractivity contribution in [1.82, 2.24) is 5.32 Å². The Morgan fingerprint density at radius 1 is 1.07 bits per heavy atom. The van der Waals surface area contributed by atoms with E-state index in [9.17, 15) is 4.79 Å². The van der Waals surface area contributed by atoms with Crippen LogP contribution in [0.2, 0.25) is 5.02 Å². The largest absolute Gasteiger partial charge is 0.493 e. The van der Waals surface area contributed by atoms with E-state index in [0.29, 0.717) is 11.6 Å². The van der Waals surface area contributed by atoms with Crippen LogP contribution in [0.3, 0.4) is 0 Å². The number of nitrogens with one attached hydrogen (secondary N) is 1. The van der Waals surface area contributed by atoms with Gasteiger partial charge in [0, 0.05) is 23.4 Å². The second-order valence-electron chi connectivity index (χ2n) is 8.14. The summed E-state index contributed by atoms with van der Waals surface area (Å²) in [6.07, 6.45) is 6.50. The van der Waals surface area contributed by atoms with Crippen LogP contribution in [0.1, 0.15) is 49.1 Å². The molecular formula is C24H28ClNO3. The van der Waals surface area contributed by atoms with Crippen LogP contribution < -0.4 is 14.8 Å². The van der Waals surface area contributed by atoms with E-state index in [1.807, 2.05) is 30.3 Å². The molecule has 2 atom stereocenters. The minimum absolute atomic E-state index is 0.0452. The van der Waals surface area contributed by atoms with Crippen LogP contribution >= 0.6 is 11.6 Å². The van der Waals surface area contributed by atoms with E-state index >= 15 is 0 Å². The van der Waals surface area contributed by atoms with Gasteiger partial charge in [0.2, 0.25) is 5.91 Å². The number of carbonyl (C=O) groups is 1. The summed E-state index contributed by atoms with van der Waals surface area (Å²) >= 11 is 5.99. The number of ether oxygens (including phenoxy) is 2. The Bertz CT molecular complexity index is 846. The van der Waals surface area contributed by atoms with Gasteiger partial charge in [0.05, 0.1) is 13.2 Å². The van der Waals surface area contributed by atoms with E-state index in [-0.39, 0.29) is 23.8 Å². The lowest BCUT2D eigenvalue weighted by molar-refractivity contribution is -0.126. The molecule has 29 heavy (non-hydrogen) atoms. The molecule has 1 aliphatic heterocycles. The van der Waals surface area contributed by atoms with Crippen molar-refractivity contribution < 1.29 is 14.3 Å². The number of amides is 1. The Morgan fingerprint density at radius 3 is 2.55 bits per heavy atom. The third kappa shape index (κ3) is 4.87. The highest BCUT2D eigenvalue weighted by atomic mass is 35.5. The first-order valence-electron chi connectivity index (χ1n) is 10.5. The van der Waals surface area contributed by atoms with Crippen molar-refractivity contribution in [1.29, 1.82) is 0 Å². The molecule has 5 heteroatoms. The predicted molar refractivity (Wildman–Crippen MR) is 115 cm³/mol. The van der Waals surface area contributed by atoms with Crippen LogP contribution in [0.15, 0.2) is 42.5 Å². The summed E-state index contributed by atoms with van der Waals surface area (Å²) in [4.78, 5) is 12.5. The monoisotopic (exact) mass is 413 g/mol. The maximum absolute atomic E-state index is 12.5. The van der Waals surface area contributed by atoms with E-state index in [1.165, 1.54) is 18.4 Å². The zero-order chi connectivity index (χ0) is 20.2. The van der Waals surface area contributed by atoms with Crippen molar-refractivity contribution in [2.24, 2.45) is 5.92 Å². The molecule has 1 aliphatic carbocycles. The molecule has 1 heterocycles.